The highest BCUT2D eigenvalue weighted by Crippen LogP contribution is 2.27. The second kappa shape index (κ2) is 8.42. The van der Waals surface area contributed by atoms with Crippen molar-refractivity contribution >= 4 is 59.4 Å². The number of halogens is 3. The summed E-state index contributed by atoms with van der Waals surface area (Å²) in [5.41, 5.74) is 0.694. The Balaban J connectivity index is 1.94. The van der Waals surface area contributed by atoms with Gasteiger partial charge in [-0.05, 0) is 48.5 Å². The second-order valence-corrected chi connectivity index (χ2v) is 8.92. The van der Waals surface area contributed by atoms with Crippen molar-refractivity contribution in [2.24, 2.45) is 0 Å². The van der Waals surface area contributed by atoms with Crippen LogP contribution < -0.4 is 8.65 Å². The number of benzene rings is 3. The van der Waals surface area contributed by atoms with Gasteiger partial charge in [0, 0.05) is 4.47 Å². The maximum absolute atomic E-state index is 13.9. The number of carbonyl (C=O) groups excluding carboxylic acids is 1. The Labute approximate surface area is 178 Å². The first-order chi connectivity index (χ1) is 13.3. The van der Waals surface area contributed by atoms with Crippen molar-refractivity contribution in [3.8, 4) is 0 Å². The summed E-state index contributed by atoms with van der Waals surface area (Å²) < 4.78 is 43.5. The second-order valence-electron chi connectivity index (χ2n) is 5.64. The van der Waals surface area contributed by atoms with Crippen molar-refractivity contribution in [2.75, 3.05) is 8.65 Å². The van der Waals surface area contributed by atoms with Gasteiger partial charge < -0.3 is 0 Å². The molecule has 0 radical (unpaired) electrons. The SMILES string of the molecule is O=C(c1ccccc1NS(=O)(=O)c1ccccc1F)N(Br)c1ccc(Br)cc1. The molecule has 0 saturated heterocycles. The zero-order valence-electron chi connectivity index (χ0n) is 14.1. The van der Waals surface area contributed by atoms with Gasteiger partial charge in [-0.1, -0.05) is 40.2 Å². The van der Waals surface area contributed by atoms with E-state index in [1.807, 2.05) is 0 Å². The first-order valence-corrected chi connectivity index (χ1v) is 10.9. The lowest BCUT2D eigenvalue weighted by Gasteiger charge is -2.18. The van der Waals surface area contributed by atoms with E-state index < -0.39 is 26.6 Å². The molecular weight excluding hydrogens is 515 g/mol. The molecule has 0 aromatic heterocycles. The van der Waals surface area contributed by atoms with Crippen LogP contribution in [0.3, 0.4) is 0 Å². The molecule has 0 fully saturated rings. The van der Waals surface area contributed by atoms with Crippen LogP contribution in [-0.4, -0.2) is 14.3 Å². The summed E-state index contributed by atoms with van der Waals surface area (Å²) in [6, 6.07) is 18.1. The number of sulfonamides is 1. The lowest BCUT2D eigenvalue weighted by molar-refractivity contribution is 0.101. The standard InChI is InChI=1S/C19H13Br2FN2O3S/c20-13-9-11-14(12-10-13)24(21)19(25)15-5-1-3-7-17(15)23-28(26,27)18-8-4-2-6-16(18)22/h1-12,23H. The number of amides is 1. The van der Waals surface area contributed by atoms with Crippen molar-refractivity contribution in [2.45, 2.75) is 4.90 Å². The van der Waals surface area contributed by atoms with E-state index in [9.17, 15) is 17.6 Å². The quantitative estimate of drug-likeness (QED) is 0.455. The lowest BCUT2D eigenvalue weighted by atomic mass is 10.1. The van der Waals surface area contributed by atoms with Crippen LogP contribution in [0.5, 0.6) is 0 Å². The lowest BCUT2D eigenvalue weighted by Crippen LogP contribution is -2.23. The Morgan fingerprint density at radius 3 is 2.21 bits per heavy atom. The third kappa shape index (κ3) is 4.43. The molecule has 0 aliphatic rings. The van der Waals surface area contributed by atoms with E-state index >= 15 is 0 Å². The van der Waals surface area contributed by atoms with E-state index in [4.69, 9.17) is 0 Å². The number of nitrogens with zero attached hydrogens (tertiary/aromatic N) is 1. The Bertz CT molecular complexity index is 1120. The molecule has 0 aliphatic carbocycles. The molecule has 5 nitrogen and oxygen atoms in total. The van der Waals surface area contributed by atoms with Gasteiger partial charge in [0.2, 0.25) is 0 Å². The molecular formula is C19H13Br2FN2O3S. The Kier molecular flexibility index (Phi) is 6.17. The summed E-state index contributed by atoms with van der Waals surface area (Å²) in [5, 5.41) is 0. The van der Waals surface area contributed by atoms with E-state index in [2.05, 4.69) is 36.8 Å². The van der Waals surface area contributed by atoms with Crippen LogP contribution >= 0.6 is 32.1 Å². The summed E-state index contributed by atoms with van der Waals surface area (Å²) in [4.78, 5) is 12.4. The van der Waals surface area contributed by atoms with E-state index in [1.165, 1.54) is 28.2 Å². The fraction of sp³-hybridized carbons (Fsp3) is 0. The van der Waals surface area contributed by atoms with Crippen LogP contribution in [0, 0.1) is 5.82 Å². The monoisotopic (exact) mass is 526 g/mol. The predicted molar refractivity (Wildman–Crippen MR) is 114 cm³/mol. The fourth-order valence-corrected chi connectivity index (χ4v) is 4.27. The number of rotatable bonds is 5. The Morgan fingerprint density at radius 1 is 0.929 bits per heavy atom. The van der Waals surface area contributed by atoms with Gasteiger partial charge in [-0.2, -0.15) is 0 Å². The molecule has 144 valence electrons. The average Bonchev–Trinajstić information content (AvgIpc) is 2.68. The summed E-state index contributed by atoms with van der Waals surface area (Å²) in [6.45, 7) is 0. The topological polar surface area (TPSA) is 66.5 Å². The van der Waals surface area contributed by atoms with Gasteiger partial charge in [0.05, 0.1) is 33.1 Å². The summed E-state index contributed by atoms with van der Waals surface area (Å²) in [6.07, 6.45) is 0. The first kappa shape index (κ1) is 20.5. The normalized spacial score (nSPS) is 11.1. The fourth-order valence-electron chi connectivity index (χ4n) is 2.42. The summed E-state index contributed by atoms with van der Waals surface area (Å²) in [7, 11) is -4.21. The maximum atomic E-state index is 13.9. The van der Waals surface area contributed by atoms with Gasteiger partial charge in [0.1, 0.15) is 10.7 Å². The molecule has 0 saturated carbocycles. The minimum absolute atomic E-state index is 0.0392. The minimum atomic E-state index is -4.21. The average molecular weight is 528 g/mol. The van der Waals surface area contributed by atoms with Gasteiger partial charge in [-0.25, -0.2) is 16.7 Å². The van der Waals surface area contributed by atoms with E-state index in [-0.39, 0.29) is 11.3 Å². The summed E-state index contributed by atoms with van der Waals surface area (Å²) >= 11 is 6.54. The van der Waals surface area contributed by atoms with E-state index in [1.54, 1.807) is 36.4 Å². The zero-order valence-corrected chi connectivity index (χ0v) is 18.1. The molecule has 9 heteroatoms. The Morgan fingerprint density at radius 2 is 1.54 bits per heavy atom. The van der Waals surface area contributed by atoms with E-state index in [0.717, 1.165) is 16.6 Å². The molecule has 3 rings (SSSR count). The molecule has 0 spiro atoms. The van der Waals surface area contributed by atoms with Gasteiger partial charge >= 0.3 is 0 Å². The zero-order chi connectivity index (χ0) is 20.3. The number of para-hydroxylation sites is 1. The van der Waals surface area contributed by atoms with Crippen LogP contribution in [0.4, 0.5) is 15.8 Å². The van der Waals surface area contributed by atoms with Crippen molar-refractivity contribution in [1.29, 1.82) is 0 Å². The predicted octanol–water partition coefficient (Wildman–Crippen LogP) is 5.35. The van der Waals surface area contributed by atoms with Gasteiger partial charge in [-0.3, -0.25) is 9.52 Å². The molecule has 3 aromatic rings. The Hall–Kier alpha value is -2.23. The highest BCUT2D eigenvalue weighted by atomic mass is 79.9. The number of anilines is 2. The highest BCUT2D eigenvalue weighted by Gasteiger charge is 2.23. The molecule has 0 atom stereocenters. The van der Waals surface area contributed by atoms with Gasteiger partial charge in [0.15, 0.2) is 0 Å². The molecule has 0 heterocycles. The van der Waals surface area contributed by atoms with Gasteiger partial charge in [0.25, 0.3) is 15.9 Å². The van der Waals surface area contributed by atoms with Crippen LogP contribution in [0.15, 0.2) is 82.2 Å². The molecule has 0 bridgehead atoms. The smallest absolute Gasteiger partial charge is 0.270 e. The number of carbonyl (C=O) groups is 1. The maximum Gasteiger partial charge on any atom is 0.270 e. The molecule has 3 aromatic carbocycles. The van der Waals surface area contributed by atoms with Crippen molar-refractivity contribution in [1.82, 2.24) is 0 Å². The third-order valence-electron chi connectivity index (χ3n) is 3.76. The third-order valence-corrected chi connectivity index (χ3v) is 6.42. The molecule has 1 N–H and O–H groups in total. The molecule has 0 unspecified atom stereocenters. The largest absolute Gasteiger partial charge is 0.279 e. The van der Waals surface area contributed by atoms with Crippen molar-refractivity contribution in [3.63, 3.8) is 0 Å². The van der Waals surface area contributed by atoms with Crippen molar-refractivity contribution < 1.29 is 17.6 Å². The molecule has 0 aliphatic heterocycles. The molecule has 1 amide bonds. The van der Waals surface area contributed by atoms with E-state index in [0.29, 0.717) is 5.69 Å². The van der Waals surface area contributed by atoms with Crippen LogP contribution in [0.25, 0.3) is 0 Å². The number of nitrogens with one attached hydrogen (secondary N) is 1. The number of hydrogen-bond donors (Lipinski definition) is 1. The minimum Gasteiger partial charge on any atom is -0.279 e. The van der Waals surface area contributed by atoms with Gasteiger partial charge in [-0.15, -0.1) is 0 Å². The molecule has 28 heavy (non-hydrogen) atoms. The highest BCUT2D eigenvalue weighted by molar-refractivity contribution is 9.10. The van der Waals surface area contributed by atoms with Crippen LogP contribution in [0.2, 0.25) is 0 Å². The van der Waals surface area contributed by atoms with Crippen molar-refractivity contribution in [3.05, 3.63) is 88.6 Å². The number of hydrogen-bond acceptors (Lipinski definition) is 3. The van der Waals surface area contributed by atoms with Crippen LogP contribution in [0.1, 0.15) is 10.4 Å². The first-order valence-electron chi connectivity index (χ1n) is 7.92. The van der Waals surface area contributed by atoms with Crippen LogP contribution in [-0.2, 0) is 10.0 Å². The summed E-state index contributed by atoms with van der Waals surface area (Å²) in [5.74, 6) is -1.37.